The first-order valence-corrected chi connectivity index (χ1v) is 9.56. The summed E-state index contributed by atoms with van der Waals surface area (Å²) in [7, 11) is 0. The molecule has 20 heavy (non-hydrogen) atoms. The SMILES string of the molecule is CC1CCCC2CC[C@H]3[C@@H]4CCC[C@@]4(C)CC[C@@H]3[C@@]12C. The van der Waals surface area contributed by atoms with Gasteiger partial charge in [-0.15, -0.1) is 0 Å². The molecule has 0 nitrogen and oxygen atoms in total. The highest BCUT2D eigenvalue weighted by atomic mass is 14.6. The van der Waals surface area contributed by atoms with E-state index in [2.05, 4.69) is 20.8 Å². The van der Waals surface area contributed by atoms with Crippen molar-refractivity contribution in [2.75, 3.05) is 0 Å². The molecule has 0 saturated heterocycles. The first-order valence-electron chi connectivity index (χ1n) is 9.56. The molecule has 0 N–H and O–H groups in total. The fourth-order valence-corrected chi connectivity index (χ4v) is 7.67. The van der Waals surface area contributed by atoms with E-state index in [1.807, 2.05) is 0 Å². The van der Waals surface area contributed by atoms with E-state index in [9.17, 15) is 0 Å². The van der Waals surface area contributed by atoms with Crippen molar-refractivity contribution in [3.05, 3.63) is 0 Å². The van der Waals surface area contributed by atoms with E-state index in [4.69, 9.17) is 0 Å². The number of hydrogen-bond donors (Lipinski definition) is 0. The highest BCUT2D eigenvalue weighted by Gasteiger charge is 2.58. The molecule has 0 aliphatic heterocycles. The van der Waals surface area contributed by atoms with Gasteiger partial charge in [0.15, 0.2) is 0 Å². The van der Waals surface area contributed by atoms with Gasteiger partial charge in [0.1, 0.15) is 0 Å². The second-order valence-electron chi connectivity index (χ2n) is 9.43. The van der Waals surface area contributed by atoms with Gasteiger partial charge in [-0.25, -0.2) is 0 Å². The summed E-state index contributed by atoms with van der Waals surface area (Å²) >= 11 is 0. The second kappa shape index (κ2) is 4.50. The van der Waals surface area contributed by atoms with Crippen LogP contribution in [-0.2, 0) is 0 Å². The third-order valence-corrected chi connectivity index (χ3v) is 9.00. The van der Waals surface area contributed by atoms with Crippen LogP contribution in [-0.4, -0.2) is 0 Å². The molecular weight excluding hydrogens is 240 g/mol. The van der Waals surface area contributed by atoms with E-state index in [1.54, 1.807) is 38.5 Å². The summed E-state index contributed by atoms with van der Waals surface area (Å²) < 4.78 is 0. The van der Waals surface area contributed by atoms with Crippen molar-refractivity contribution in [3.63, 3.8) is 0 Å². The van der Waals surface area contributed by atoms with Crippen molar-refractivity contribution < 1.29 is 0 Å². The van der Waals surface area contributed by atoms with E-state index in [-0.39, 0.29) is 0 Å². The fourth-order valence-electron chi connectivity index (χ4n) is 7.67. The van der Waals surface area contributed by atoms with Crippen LogP contribution in [0.3, 0.4) is 0 Å². The third-order valence-electron chi connectivity index (χ3n) is 9.00. The van der Waals surface area contributed by atoms with Gasteiger partial charge < -0.3 is 0 Å². The van der Waals surface area contributed by atoms with Crippen molar-refractivity contribution in [1.82, 2.24) is 0 Å². The van der Waals surface area contributed by atoms with Crippen molar-refractivity contribution in [1.29, 1.82) is 0 Å². The number of hydrogen-bond acceptors (Lipinski definition) is 0. The van der Waals surface area contributed by atoms with Crippen molar-refractivity contribution >= 4 is 0 Å². The van der Waals surface area contributed by atoms with Crippen molar-refractivity contribution in [2.45, 2.75) is 85.0 Å². The van der Waals surface area contributed by atoms with Crippen LogP contribution in [0.15, 0.2) is 0 Å². The lowest BCUT2D eigenvalue weighted by molar-refractivity contribution is -0.128. The lowest BCUT2D eigenvalue weighted by atomic mass is 9.43. The molecule has 2 unspecified atom stereocenters. The molecule has 0 heterocycles. The summed E-state index contributed by atoms with van der Waals surface area (Å²) in [6, 6.07) is 0. The Morgan fingerprint density at radius 1 is 0.750 bits per heavy atom. The van der Waals surface area contributed by atoms with E-state index in [0.717, 1.165) is 35.0 Å². The van der Waals surface area contributed by atoms with Crippen LogP contribution in [0.5, 0.6) is 0 Å². The molecule has 0 aromatic carbocycles. The Morgan fingerprint density at radius 2 is 1.60 bits per heavy atom. The minimum Gasteiger partial charge on any atom is -0.0620 e. The highest BCUT2D eigenvalue weighted by Crippen LogP contribution is 2.67. The van der Waals surface area contributed by atoms with Gasteiger partial charge in [0.25, 0.3) is 0 Å². The molecule has 0 aromatic rings. The first-order chi connectivity index (χ1) is 9.56. The van der Waals surface area contributed by atoms with Crippen LogP contribution in [0.4, 0.5) is 0 Å². The Morgan fingerprint density at radius 3 is 2.45 bits per heavy atom. The van der Waals surface area contributed by atoms with E-state index >= 15 is 0 Å². The largest absolute Gasteiger partial charge is 0.0620 e. The fraction of sp³-hybridized carbons (Fsp3) is 1.00. The molecule has 0 radical (unpaired) electrons. The zero-order valence-electron chi connectivity index (χ0n) is 14.0. The Balaban J connectivity index is 1.67. The number of rotatable bonds is 0. The highest BCUT2D eigenvalue weighted by molar-refractivity contribution is 5.07. The summed E-state index contributed by atoms with van der Waals surface area (Å²) in [5.41, 5.74) is 1.44. The molecule has 0 spiro atoms. The van der Waals surface area contributed by atoms with E-state index < -0.39 is 0 Å². The van der Waals surface area contributed by atoms with Gasteiger partial charge in [-0.2, -0.15) is 0 Å². The van der Waals surface area contributed by atoms with E-state index in [1.165, 1.54) is 25.7 Å². The molecular formula is C20H34. The standard InChI is InChI=1S/C20H34/c1-14-6-4-7-15-9-10-16-17-8-5-12-19(17,2)13-11-18(16)20(14,15)3/h14-18H,4-13H2,1-3H3/t14?,15?,16-,17-,18-,19-,20-/m0/s1. The Labute approximate surface area is 126 Å². The maximum absolute atomic E-state index is 2.72. The Hall–Kier alpha value is 0. The normalized spacial score (nSPS) is 58.6. The summed E-state index contributed by atoms with van der Waals surface area (Å²) in [6.07, 6.45) is 15.5. The average Bonchev–Trinajstić information content (AvgIpc) is 2.82. The van der Waals surface area contributed by atoms with Gasteiger partial charge in [0, 0.05) is 0 Å². The predicted molar refractivity (Wildman–Crippen MR) is 85.5 cm³/mol. The maximum atomic E-state index is 2.72. The quantitative estimate of drug-likeness (QED) is 0.504. The Bertz CT molecular complexity index is 385. The van der Waals surface area contributed by atoms with Crippen LogP contribution in [0.25, 0.3) is 0 Å². The summed E-state index contributed by atoms with van der Waals surface area (Å²) in [5.74, 6) is 5.32. The molecule has 7 atom stereocenters. The molecule has 4 aliphatic carbocycles. The summed E-state index contributed by atoms with van der Waals surface area (Å²) in [4.78, 5) is 0. The van der Waals surface area contributed by atoms with Gasteiger partial charge >= 0.3 is 0 Å². The lowest BCUT2D eigenvalue weighted by Crippen LogP contribution is -2.54. The molecule has 4 fully saturated rings. The molecule has 0 amide bonds. The van der Waals surface area contributed by atoms with Crippen LogP contribution < -0.4 is 0 Å². The summed E-state index contributed by atoms with van der Waals surface area (Å²) in [5, 5.41) is 0. The predicted octanol–water partition coefficient (Wildman–Crippen LogP) is 6.06. The molecule has 4 aliphatic rings. The molecule has 0 heteroatoms. The summed E-state index contributed by atoms with van der Waals surface area (Å²) in [6.45, 7) is 7.95. The zero-order chi connectivity index (χ0) is 14.0. The first kappa shape index (κ1) is 13.6. The van der Waals surface area contributed by atoms with Gasteiger partial charge in [0.2, 0.25) is 0 Å². The third kappa shape index (κ3) is 1.66. The van der Waals surface area contributed by atoms with E-state index in [0.29, 0.717) is 5.41 Å². The maximum Gasteiger partial charge on any atom is -0.0241 e. The average molecular weight is 274 g/mol. The lowest BCUT2D eigenvalue weighted by Gasteiger charge is -2.62. The van der Waals surface area contributed by atoms with Crippen LogP contribution in [0.2, 0.25) is 0 Å². The minimum absolute atomic E-state index is 0.699. The smallest absolute Gasteiger partial charge is 0.0241 e. The van der Waals surface area contributed by atoms with Crippen LogP contribution in [0, 0.1) is 40.4 Å². The molecule has 0 aromatic heterocycles. The van der Waals surface area contributed by atoms with Gasteiger partial charge in [0.05, 0.1) is 0 Å². The van der Waals surface area contributed by atoms with Gasteiger partial charge in [-0.05, 0) is 85.4 Å². The molecule has 0 bridgehead atoms. The molecule has 4 saturated carbocycles. The monoisotopic (exact) mass is 274 g/mol. The topological polar surface area (TPSA) is 0 Å². The molecule has 114 valence electrons. The van der Waals surface area contributed by atoms with Gasteiger partial charge in [-0.3, -0.25) is 0 Å². The van der Waals surface area contributed by atoms with Crippen molar-refractivity contribution in [2.24, 2.45) is 40.4 Å². The number of fused-ring (bicyclic) bond motifs is 5. The molecule has 4 rings (SSSR count). The van der Waals surface area contributed by atoms with Crippen molar-refractivity contribution in [3.8, 4) is 0 Å². The zero-order valence-corrected chi connectivity index (χ0v) is 14.0. The second-order valence-corrected chi connectivity index (χ2v) is 9.43. The Kier molecular flexibility index (Phi) is 3.07. The van der Waals surface area contributed by atoms with Crippen LogP contribution in [0.1, 0.15) is 85.0 Å². The minimum atomic E-state index is 0.699. The van der Waals surface area contributed by atoms with Crippen LogP contribution >= 0.6 is 0 Å². The van der Waals surface area contributed by atoms with Gasteiger partial charge in [-0.1, -0.05) is 40.0 Å².